The fraction of sp³-hybridized carbons (Fsp3) is 0.143. The summed E-state index contributed by atoms with van der Waals surface area (Å²) in [6, 6.07) is 10.2. The number of rotatable bonds is 3. The molecule has 0 aliphatic carbocycles. The zero-order chi connectivity index (χ0) is 14.1. The molecule has 0 aliphatic heterocycles. The van der Waals surface area contributed by atoms with Crippen molar-refractivity contribution in [2.24, 2.45) is 5.84 Å². The van der Waals surface area contributed by atoms with E-state index >= 15 is 0 Å². The number of aromatic nitrogens is 2. The van der Waals surface area contributed by atoms with Crippen molar-refractivity contribution >= 4 is 39.0 Å². The first kappa shape index (κ1) is 12.8. The summed E-state index contributed by atoms with van der Waals surface area (Å²) in [7, 11) is 2.00. The Bertz CT molecular complexity index is 752. The number of nitrogens with two attached hydrogens (primary N) is 1. The number of nitrogens with one attached hydrogen (secondary N) is 1. The summed E-state index contributed by atoms with van der Waals surface area (Å²) in [4.78, 5) is 11.8. The van der Waals surface area contributed by atoms with E-state index in [9.17, 15) is 0 Å². The van der Waals surface area contributed by atoms with Crippen LogP contribution in [0.5, 0.6) is 0 Å². The first-order valence-electron chi connectivity index (χ1n) is 6.22. The molecule has 0 bridgehead atoms. The molecule has 0 aliphatic rings. The summed E-state index contributed by atoms with van der Waals surface area (Å²) in [5.74, 6) is 6.73. The van der Waals surface area contributed by atoms with Crippen LogP contribution in [-0.2, 0) is 0 Å². The number of thiophene rings is 1. The predicted molar refractivity (Wildman–Crippen MR) is 84.5 cm³/mol. The van der Waals surface area contributed by atoms with Gasteiger partial charge in [0, 0.05) is 12.7 Å². The molecule has 6 heteroatoms. The first-order valence-corrected chi connectivity index (χ1v) is 7.10. The molecule has 20 heavy (non-hydrogen) atoms. The summed E-state index contributed by atoms with van der Waals surface area (Å²) < 4.78 is 0. The van der Waals surface area contributed by atoms with Crippen molar-refractivity contribution in [3.8, 4) is 0 Å². The number of hydrogen-bond donors (Lipinski definition) is 2. The van der Waals surface area contributed by atoms with Gasteiger partial charge in [0.05, 0.1) is 5.39 Å². The Kier molecular flexibility index (Phi) is 3.25. The van der Waals surface area contributed by atoms with Crippen molar-refractivity contribution < 1.29 is 0 Å². The summed E-state index contributed by atoms with van der Waals surface area (Å²) in [5.41, 5.74) is 4.83. The summed E-state index contributed by atoms with van der Waals surface area (Å²) in [6.07, 6.45) is 0. The molecule has 0 amide bonds. The van der Waals surface area contributed by atoms with Crippen LogP contribution < -0.4 is 16.2 Å². The molecular weight excluding hydrogens is 270 g/mol. The largest absolute Gasteiger partial charge is 0.329 e. The number of nitrogens with zero attached hydrogens (tertiary/aromatic N) is 3. The van der Waals surface area contributed by atoms with Gasteiger partial charge in [-0.2, -0.15) is 4.98 Å². The van der Waals surface area contributed by atoms with Crippen molar-refractivity contribution in [3.05, 3.63) is 41.3 Å². The highest BCUT2D eigenvalue weighted by molar-refractivity contribution is 7.16. The van der Waals surface area contributed by atoms with Gasteiger partial charge in [-0.05, 0) is 30.0 Å². The number of para-hydroxylation sites is 1. The minimum atomic E-state index is 0.426. The van der Waals surface area contributed by atoms with Crippen LogP contribution in [0.3, 0.4) is 0 Å². The van der Waals surface area contributed by atoms with Gasteiger partial charge in [0.25, 0.3) is 0 Å². The zero-order valence-electron chi connectivity index (χ0n) is 11.3. The van der Waals surface area contributed by atoms with Gasteiger partial charge in [-0.25, -0.2) is 10.8 Å². The van der Waals surface area contributed by atoms with Crippen molar-refractivity contribution in [1.82, 2.24) is 9.97 Å². The lowest BCUT2D eigenvalue weighted by Gasteiger charge is -2.21. The predicted octanol–water partition coefficient (Wildman–Crippen LogP) is 3.05. The van der Waals surface area contributed by atoms with E-state index < -0.39 is 0 Å². The number of anilines is 3. The second kappa shape index (κ2) is 5.07. The van der Waals surface area contributed by atoms with Gasteiger partial charge in [-0.15, -0.1) is 11.3 Å². The van der Waals surface area contributed by atoms with E-state index in [1.54, 1.807) is 11.3 Å². The second-order valence-electron chi connectivity index (χ2n) is 4.50. The molecule has 3 N–H and O–H groups in total. The highest BCUT2D eigenvalue weighted by atomic mass is 32.1. The molecule has 3 rings (SSSR count). The van der Waals surface area contributed by atoms with Gasteiger partial charge in [-0.3, -0.25) is 5.43 Å². The third-order valence-electron chi connectivity index (χ3n) is 3.23. The highest BCUT2D eigenvalue weighted by Crippen LogP contribution is 2.33. The Morgan fingerprint density at radius 3 is 2.75 bits per heavy atom. The molecule has 102 valence electrons. The molecule has 2 aromatic heterocycles. The molecule has 0 radical (unpaired) electrons. The van der Waals surface area contributed by atoms with Gasteiger partial charge in [0.1, 0.15) is 10.6 Å². The van der Waals surface area contributed by atoms with E-state index in [0.717, 1.165) is 21.7 Å². The lowest BCUT2D eigenvalue weighted by Crippen LogP contribution is -2.16. The molecule has 0 fully saturated rings. The van der Waals surface area contributed by atoms with E-state index in [-0.39, 0.29) is 0 Å². The van der Waals surface area contributed by atoms with Crippen LogP contribution in [0.1, 0.15) is 5.56 Å². The summed E-state index contributed by atoms with van der Waals surface area (Å²) >= 11 is 1.57. The van der Waals surface area contributed by atoms with Crippen molar-refractivity contribution in [1.29, 1.82) is 0 Å². The minimum Gasteiger partial charge on any atom is -0.329 e. The van der Waals surface area contributed by atoms with Gasteiger partial charge in [0.15, 0.2) is 0 Å². The number of nitrogen functional groups attached to an aromatic ring is 1. The summed E-state index contributed by atoms with van der Waals surface area (Å²) in [6.45, 7) is 2.08. The van der Waals surface area contributed by atoms with Gasteiger partial charge in [0.2, 0.25) is 5.95 Å². The Morgan fingerprint density at radius 1 is 1.20 bits per heavy atom. The van der Waals surface area contributed by atoms with E-state index in [1.165, 1.54) is 5.56 Å². The fourth-order valence-corrected chi connectivity index (χ4v) is 2.97. The van der Waals surface area contributed by atoms with Gasteiger partial charge >= 0.3 is 0 Å². The molecule has 1 aromatic carbocycles. The molecule has 0 unspecified atom stereocenters. The smallest absolute Gasteiger partial charge is 0.240 e. The Hall–Kier alpha value is -2.18. The van der Waals surface area contributed by atoms with Crippen molar-refractivity contribution in [2.75, 3.05) is 17.4 Å². The third-order valence-corrected chi connectivity index (χ3v) is 4.04. The quantitative estimate of drug-likeness (QED) is 0.572. The van der Waals surface area contributed by atoms with E-state index in [2.05, 4.69) is 39.4 Å². The standard InChI is InChI=1S/C14H15N5S/c1-9-5-3-4-6-11(9)19(2)12-10-7-8-20-13(10)17-14(16-12)18-15/h3-8H,15H2,1-2H3,(H,16,17,18). The Labute approximate surface area is 121 Å². The molecule has 5 nitrogen and oxygen atoms in total. The van der Waals surface area contributed by atoms with Gasteiger partial charge in [-0.1, -0.05) is 18.2 Å². The molecule has 0 atom stereocenters. The summed E-state index contributed by atoms with van der Waals surface area (Å²) in [5, 5.41) is 3.04. The topological polar surface area (TPSA) is 67.1 Å². The van der Waals surface area contributed by atoms with Crippen LogP contribution in [0.4, 0.5) is 17.5 Å². The Balaban J connectivity index is 2.18. The van der Waals surface area contributed by atoms with E-state index in [0.29, 0.717) is 5.95 Å². The second-order valence-corrected chi connectivity index (χ2v) is 5.39. The minimum absolute atomic E-state index is 0.426. The van der Waals surface area contributed by atoms with E-state index in [4.69, 9.17) is 5.84 Å². The van der Waals surface area contributed by atoms with Crippen LogP contribution in [0.2, 0.25) is 0 Å². The number of benzene rings is 1. The lowest BCUT2D eigenvalue weighted by molar-refractivity contribution is 1.09. The van der Waals surface area contributed by atoms with Crippen LogP contribution in [0.25, 0.3) is 10.2 Å². The van der Waals surface area contributed by atoms with Crippen LogP contribution >= 0.6 is 11.3 Å². The normalized spacial score (nSPS) is 10.8. The highest BCUT2D eigenvalue weighted by Gasteiger charge is 2.14. The first-order chi connectivity index (χ1) is 9.70. The average Bonchev–Trinajstić information content (AvgIpc) is 2.94. The maximum Gasteiger partial charge on any atom is 0.240 e. The molecule has 3 aromatic rings. The number of hydrazine groups is 1. The van der Waals surface area contributed by atoms with Crippen molar-refractivity contribution in [3.63, 3.8) is 0 Å². The average molecular weight is 285 g/mol. The van der Waals surface area contributed by atoms with Gasteiger partial charge < -0.3 is 4.90 Å². The maximum atomic E-state index is 5.46. The molecular formula is C14H15N5S. The van der Waals surface area contributed by atoms with Crippen LogP contribution in [-0.4, -0.2) is 17.0 Å². The lowest BCUT2D eigenvalue weighted by atomic mass is 10.2. The number of hydrogen-bond acceptors (Lipinski definition) is 6. The molecule has 0 saturated carbocycles. The molecule has 2 heterocycles. The molecule has 0 spiro atoms. The Morgan fingerprint density at radius 2 is 2.00 bits per heavy atom. The van der Waals surface area contributed by atoms with Crippen LogP contribution in [0, 0.1) is 6.92 Å². The monoisotopic (exact) mass is 285 g/mol. The third kappa shape index (κ3) is 2.09. The zero-order valence-corrected chi connectivity index (χ0v) is 12.1. The number of aryl methyl sites for hydroxylation is 1. The molecule has 0 saturated heterocycles. The van der Waals surface area contributed by atoms with Crippen molar-refractivity contribution in [2.45, 2.75) is 6.92 Å². The maximum absolute atomic E-state index is 5.46. The fourth-order valence-electron chi connectivity index (χ4n) is 2.21. The number of fused-ring (bicyclic) bond motifs is 1. The SMILES string of the molecule is Cc1ccccc1N(C)c1nc(NN)nc2sccc12. The van der Waals surface area contributed by atoms with Crippen LogP contribution in [0.15, 0.2) is 35.7 Å². The van der Waals surface area contributed by atoms with E-state index in [1.807, 2.05) is 30.6 Å².